The number of rotatable bonds is 9. The van der Waals surface area contributed by atoms with Crippen molar-refractivity contribution in [3.05, 3.63) is 57.8 Å². The highest BCUT2D eigenvalue weighted by molar-refractivity contribution is 7.10. The van der Waals surface area contributed by atoms with E-state index in [9.17, 15) is 18.4 Å². The van der Waals surface area contributed by atoms with Gasteiger partial charge in [-0.1, -0.05) is 32.8 Å². The van der Waals surface area contributed by atoms with Gasteiger partial charge in [-0.05, 0) is 29.5 Å². The molecule has 0 radical (unpaired) electrons. The Kier molecular flexibility index (Phi) is 7.91. The molecule has 1 atom stereocenters. The Morgan fingerprint density at radius 2 is 1.89 bits per heavy atom. The summed E-state index contributed by atoms with van der Waals surface area (Å²) in [6.07, 6.45) is 1.97. The number of carbonyl (C=O) groups is 2. The fourth-order valence-corrected chi connectivity index (χ4v) is 3.82. The second kappa shape index (κ2) is 10.2. The molecule has 7 heteroatoms. The molecule has 1 aromatic heterocycles. The summed E-state index contributed by atoms with van der Waals surface area (Å²) in [7, 11) is 0. The van der Waals surface area contributed by atoms with Crippen LogP contribution in [0.15, 0.2) is 35.7 Å². The lowest BCUT2D eigenvalue weighted by Crippen LogP contribution is -2.35. The molecule has 0 aliphatic carbocycles. The van der Waals surface area contributed by atoms with Gasteiger partial charge in [0.05, 0.1) is 11.6 Å². The first-order chi connectivity index (χ1) is 13.0. The average molecular weight is 394 g/mol. The monoisotopic (exact) mass is 394 g/mol. The molecule has 0 bridgehead atoms. The molecule has 2 amide bonds. The molecule has 0 spiro atoms. The number of thiophene rings is 1. The van der Waals surface area contributed by atoms with Crippen LogP contribution in [0.4, 0.5) is 8.78 Å². The maximum Gasteiger partial charge on any atom is 0.254 e. The number of nitrogens with one attached hydrogen (secondary N) is 2. The van der Waals surface area contributed by atoms with Crippen LogP contribution >= 0.6 is 11.3 Å². The summed E-state index contributed by atoms with van der Waals surface area (Å²) < 4.78 is 26.5. The molecule has 146 valence electrons. The van der Waals surface area contributed by atoms with Gasteiger partial charge in [-0.25, -0.2) is 8.78 Å². The number of hydrogen-bond donors (Lipinski definition) is 2. The van der Waals surface area contributed by atoms with Crippen molar-refractivity contribution in [2.75, 3.05) is 6.54 Å². The summed E-state index contributed by atoms with van der Waals surface area (Å²) in [4.78, 5) is 25.4. The van der Waals surface area contributed by atoms with Crippen molar-refractivity contribution in [1.82, 2.24) is 10.6 Å². The van der Waals surface area contributed by atoms with Gasteiger partial charge >= 0.3 is 0 Å². The van der Waals surface area contributed by atoms with Gasteiger partial charge in [0.15, 0.2) is 0 Å². The Morgan fingerprint density at radius 3 is 2.48 bits per heavy atom. The van der Waals surface area contributed by atoms with Gasteiger partial charge in [-0.3, -0.25) is 9.59 Å². The third-order valence-corrected chi connectivity index (χ3v) is 5.46. The van der Waals surface area contributed by atoms with E-state index in [2.05, 4.69) is 24.5 Å². The van der Waals surface area contributed by atoms with E-state index in [0.29, 0.717) is 12.0 Å². The van der Waals surface area contributed by atoms with E-state index >= 15 is 0 Å². The van der Waals surface area contributed by atoms with Crippen LogP contribution in [0.5, 0.6) is 0 Å². The van der Waals surface area contributed by atoms with Crippen molar-refractivity contribution >= 4 is 23.2 Å². The van der Waals surface area contributed by atoms with E-state index < -0.39 is 17.5 Å². The zero-order chi connectivity index (χ0) is 19.8. The van der Waals surface area contributed by atoms with Crippen molar-refractivity contribution in [1.29, 1.82) is 0 Å². The molecule has 0 fully saturated rings. The molecule has 2 N–H and O–H groups in total. The standard InChI is InChI=1S/C20H24F2N2O2S/c1-3-13(4-2)19(17-6-5-11-27-17)24-18(25)9-10-23-20(26)15-8-7-14(21)12-16(15)22/h5-8,11-13,19H,3-4,9-10H2,1-2H3,(H,23,26)(H,24,25). The van der Waals surface area contributed by atoms with Crippen LogP contribution in [0.25, 0.3) is 0 Å². The van der Waals surface area contributed by atoms with Crippen LogP contribution in [-0.2, 0) is 4.79 Å². The summed E-state index contributed by atoms with van der Waals surface area (Å²) in [6, 6.07) is 6.67. The molecule has 4 nitrogen and oxygen atoms in total. The van der Waals surface area contributed by atoms with Gasteiger partial charge in [-0.15, -0.1) is 11.3 Å². The van der Waals surface area contributed by atoms with E-state index in [4.69, 9.17) is 0 Å². The number of benzene rings is 1. The fraction of sp³-hybridized carbons (Fsp3) is 0.400. The topological polar surface area (TPSA) is 58.2 Å². The maximum atomic E-state index is 13.6. The fourth-order valence-electron chi connectivity index (χ4n) is 2.95. The van der Waals surface area contributed by atoms with Crippen LogP contribution in [-0.4, -0.2) is 18.4 Å². The molecular formula is C20H24F2N2O2S. The van der Waals surface area contributed by atoms with E-state index in [1.807, 2.05) is 17.5 Å². The zero-order valence-electron chi connectivity index (χ0n) is 15.4. The quantitative estimate of drug-likeness (QED) is 0.661. The van der Waals surface area contributed by atoms with Gasteiger partial charge in [0.2, 0.25) is 5.91 Å². The highest BCUT2D eigenvalue weighted by atomic mass is 32.1. The summed E-state index contributed by atoms with van der Waals surface area (Å²) in [5.41, 5.74) is -0.245. The highest BCUT2D eigenvalue weighted by Crippen LogP contribution is 2.30. The third kappa shape index (κ3) is 5.85. The minimum Gasteiger partial charge on any atom is -0.351 e. The average Bonchev–Trinajstić information content (AvgIpc) is 3.16. The van der Waals surface area contributed by atoms with E-state index in [1.165, 1.54) is 0 Å². The molecule has 1 aromatic carbocycles. The van der Waals surface area contributed by atoms with Gasteiger partial charge in [-0.2, -0.15) is 0 Å². The minimum absolute atomic E-state index is 0.0576. The van der Waals surface area contributed by atoms with E-state index in [-0.39, 0.29) is 30.5 Å². The SMILES string of the molecule is CCC(CC)C(NC(=O)CCNC(=O)c1ccc(F)cc1F)c1cccs1. The molecule has 1 heterocycles. The van der Waals surface area contributed by atoms with E-state index in [0.717, 1.165) is 29.9 Å². The van der Waals surface area contributed by atoms with Crippen molar-refractivity contribution in [2.24, 2.45) is 5.92 Å². The Hall–Kier alpha value is -2.28. The summed E-state index contributed by atoms with van der Waals surface area (Å²) in [5, 5.41) is 7.53. The lowest BCUT2D eigenvalue weighted by Gasteiger charge is -2.25. The first-order valence-electron chi connectivity index (χ1n) is 9.02. The Balaban J connectivity index is 1.89. The van der Waals surface area contributed by atoms with Gasteiger partial charge in [0.25, 0.3) is 5.91 Å². The molecule has 0 aliphatic heterocycles. The third-order valence-electron chi connectivity index (χ3n) is 4.50. The largest absolute Gasteiger partial charge is 0.351 e. The van der Waals surface area contributed by atoms with Crippen molar-refractivity contribution in [3.8, 4) is 0 Å². The predicted octanol–water partition coefficient (Wildman–Crippen LogP) is 4.44. The number of hydrogen-bond acceptors (Lipinski definition) is 3. The lowest BCUT2D eigenvalue weighted by molar-refractivity contribution is -0.122. The second-order valence-electron chi connectivity index (χ2n) is 6.27. The molecule has 27 heavy (non-hydrogen) atoms. The van der Waals surface area contributed by atoms with Crippen molar-refractivity contribution < 1.29 is 18.4 Å². The first-order valence-corrected chi connectivity index (χ1v) is 9.90. The summed E-state index contributed by atoms with van der Waals surface area (Å²) in [5.74, 6) is -2.20. The summed E-state index contributed by atoms with van der Waals surface area (Å²) in [6.45, 7) is 4.26. The Morgan fingerprint density at radius 1 is 1.15 bits per heavy atom. The molecule has 0 saturated carbocycles. The molecule has 2 aromatic rings. The number of halogens is 2. The van der Waals surface area contributed by atoms with Crippen LogP contribution in [0.2, 0.25) is 0 Å². The minimum atomic E-state index is -0.927. The number of amides is 2. The van der Waals surface area contributed by atoms with Gasteiger partial charge < -0.3 is 10.6 Å². The van der Waals surface area contributed by atoms with Crippen LogP contribution in [0, 0.1) is 17.6 Å². The van der Waals surface area contributed by atoms with E-state index in [1.54, 1.807) is 11.3 Å². The van der Waals surface area contributed by atoms with Crippen LogP contribution < -0.4 is 10.6 Å². The second-order valence-corrected chi connectivity index (χ2v) is 7.25. The van der Waals surface area contributed by atoms with Crippen LogP contribution in [0.3, 0.4) is 0 Å². The smallest absolute Gasteiger partial charge is 0.254 e. The van der Waals surface area contributed by atoms with Crippen molar-refractivity contribution in [3.63, 3.8) is 0 Å². The van der Waals surface area contributed by atoms with Crippen LogP contribution in [0.1, 0.15) is 54.4 Å². The summed E-state index contributed by atoms with van der Waals surface area (Å²) >= 11 is 1.60. The van der Waals surface area contributed by atoms with Gasteiger partial charge in [0.1, 0.15) is 11.6 Å². The molecule has 1 unspecified atom stereocenters. The maximum absolute atomic E-state index is 13.6. The zero-order valence-corrected chi connectivity index (χ0v) is 16.2. The first kappa shape index (κ1) is 21.0. The molecule has 2 rings (SSSR count). The number of carbonyl (C=O) groups excluding carboxylic acids is 2. The predicted molar refractivity (Wildman–Crippen MR) is 103 cm³/mol. The van der Waals surface area contributed by atoms with Gasteiger partial charge in [0, 0.05) is 23.9 Å². The Labute approximate surface area is 162 Å². The van der Waals surface area contributed by atoms with Crippen molar-refractivity contribution in [2.45, 2.75) is 39.2 Å². The lowest BCUT2D eigenvalue weighted by atomic mass is 9.93. The molecular weight excluding hydrogens is 370 g/mol. The molecule has 0 saturated heterocycles. The highest BCUT2D eigenvalue weighted by Gasteiger charge is 2.23. The molecule has 0 aliphatic rings. The normalized spacial score (nSPS) is 12.0. The Bertz CT molecular complexity index is 761.